The van der Waals surface area contributed by atoms with E-state index in [2.05, 4.69) is 0 Å². The molecule has 0 aliphatic carbocycles. The summed E-state index contributed by atoms with van der Waals surface area (Å²) in [6.45, 7) is 3.79. The minimum Gasteiger partial charge on any atom is -0.371 e. The third-order valence-corrected chi connectivity index (χ3v) is 0.905. The smallest absolute Gasteiger partial charge is 0.158 e. The van der Waals surface area contributed by atoms with Crippen molar-refractivity contribution in [1.82, 2.24) is 4.90 Å². The molecule has 0 atom stereocenters. The first kappa shape index (κ1) is 4.09. The van der Waals surface area contributed by atoms with E-state index in [0.717, 1.165) is 13.1 Å². The summed E-state index contributed by atoms with van der Waals surface area (Å²) in [5, 5.41) is 8.53. The molecule has 1 aliphatic rings. The highest BCUT2D eigenvalue weighted by Crippen LogP contribution is 2.11. The number of nitrogens with zero attached hydrogens (tertiary/aromatic N) is 1. The highest BCUT2D eigenvalue weighted by Gasteiger charge is 2.22. The summed E-state index contributed by atoms with van der Waals surface area (Å²) in [5.74, 6) is 0. The second-order valence-corrected chi connectivity index (χ2v) is 1.53. The highest BCUT2D eigenvalue weighted by molar-refractivity contribution is 4.82. The molecule has 1 N–H and O–H groups in total. The summed E-state index contributed by atoms with van der Waals surface area (Å²) in [6, 6.07) is 0. The lowest BCUT2D eigenvalue weighted by molar-refractivity contribution is 0.217. The zero-order valence-corrected chi connectivity index (χ0v) is 3.81. The zero-order chi connectivity index (χ0) is 4.57. The first-order valence-electron chi connectivity index (χ1n) is 2.08. The number of rotatable bonds is 1. The highest BCUT2D eigenvalue weighted by atomic mass is 16.3. The van der Waals surface area contributed by atoms with Gasteiger partial charge in [-0.25, -0.2) is 0 Å². The van der Waals surface area contributed by atoms with Crippen LogP contribution in [0.15, 0.2) is 0 Å². The maximum absolute atomic E-state index is 8.53. The van der Waals surface area contributed by atoms with E-state index < -0.39 is 0 Å². The molecule has 0 spiro atoms. The van der Waals surface area contributed by atoms with Crippen LogP contribution >= 0.6 is 0 Å². The van der Waals surface area contributed by atoms with Gasteiger partial charge in [0.05, 0.1) is 0 Å². The predicted molar refractivity (Wildman–Crippen MR) is 22.4 cm³/mol. The number of aliphatic hydroxyl groups is 1. The monoisotopic (exact) mass is 86.1 g/mol. The van der Waals surface area contributed by atoms with Gasteiger partial charge in [-0.3, -0.25) is 4.90 Å². The molecule has 0 amide bonds. The van der Waals surface area contributed by atoms with Crippen molar-refractivity contribution in [2.75, 3.05) is 13.1 Å². The van der Waals surface area contributed by atoms with Crippen molar-refractivity contribution < 1.29 is 5.11 Å². The lowest BCUT2D eigenvalue weighted by atomic mass is 10.7. The molecule has 1 aliphatic heterocycles. The Labute approximate surface area is 37.4 Å². The van der Waals surface area contributed by atoms with Crippen LogP contribution in [-0.2, 0) is 0 Å². The molecule has 0 saturated carbocycles. The molecule has 0 bridgehead atoms. The van der Waals surface area contributed by atoms with Crippen molar-refractivity contribution in [3.8, 4) is 0 Å². The van der Waals surface area contributed by atoms with E-state index in [4.69, 9.17) is 5.11 Å². The third kappa shape index (κ3) is 0.698. The van der Waals surface area contributed by atoms with E-state index >= 15 is 0 Å². The van der Waals surface area contributed by atoms with Gasteiger partial charge in [0, 0.05) is 13.1 Å². The van der Waals surface area contributed by atoms with Crippen LogP contribution < -0.4 is 0 Å². The molecule has 0 aromatic heterocycles. The summed E-state index contributed by atoms with van der Waals surface area (Å²) in [7, 11) is 0. The Balaban J connectivity index is 2.13. The van der Waals surface area contributed by atoms with Gasteiger partial charge in [-0.05, 0) is 6.92 Å². The number of aliphatic hydroxyl groups excluding tert-OH is 1. The van der Waals surface area contributed by atoms with E-state index in [9.17, 15) is 0 Å². The molecule has 2 heteroatoms. The van der Waals surface area contributed by atoms with Gasteiger partial charge in [-0.2, -0.15) is 0 Å². The van der Waals surface area contributed by atoms with Gasteiger partial charge in [0.2, 0.25) is 0 Å². The van der Waals surface area contributed by atoms with Gasteiger partial charge in [0.1, 0.15) is 0 Å². The maximum atomic E-state index is 8.53. The normalized spacial score (nSPS) is 22.5. The second-order valence-electron chi connectivity index (χ2n) is 1.53. The summed E-state index contributed by atoms with van der Waals surface area (Å²) in [4.78, 5) is 1.89. The predicted octanol–water partition coefficient (Wildman–Crippen LogP) is 0.184. The average molecular weight is 86.1 g/mol. The molecule has 1 rings (SSSR count). The van der Waals surface area contributed by atoms with Crippen molar-refractivity contribution in [1.29, 1.82) is 0 Å². The summed E-state index contributed by atoms with van der Waals surface area (Å²) < 4.78 is 0. The lowest BCUT2D eigenvalue weighted by Gasteiger charge is -1.96. The number of hydrogen-bond donors (Lipinski definition) is 1. The molecule has 1 saturated heterocycles. The van der Waals surface area contributed by atoms with Gasteiger partial charge in [0.15, 0.2) is 6.23 Å². The Bertz CT molecular complexity index is 49.5. The van der Waals surface area contributed by atoms with Crippen LogP contribution in [0.2, 0.25) is 0 Å². The molecule has 6 heavy (non-hydrogen) atoms. The van der Waals surface area contributed by atoms with Crippen LogP contribution in [0.1, 0.15) is 6.92 Å². The topological polar surface area (TPSA) is 23.2 Å². The Morgan fingerprint density at radius 2 is 2.17 bits per heavy atom. The van der Waals surface area contributed by atoms with Gasteiger partial charge >= 0.3 is 0 Å². The molecule has 0 unspecified atom stereocenters. The molecule has 35 valence electrons. The molecule has 0 aromatic carbocycles. The molecule has 1 radical (unpaired) electrons. The summed E-state index contributed by atoms with van der Waals surface area (Å²) in [6.07, 6.45) is 0.454. The minimum atomic E-state index is 0.454. The summed E-state index contributed by atoms with van der Waals surface area (Å²) >= 11 is 0. The molecular formula is C4H8NO. The van der Waals surface area contributed by atoms with Crippen LogP contribution in [0.3, 0.4) is 0 Å². The quantitative estimate of drug-likeness (QED) is 0.460. The maximum Gasteiger partial charge on any atom is 0.158 e. The van der Waals surface area contributed by atoms with Crippen LogP contribution in [-0.4, -0.2) is 23.1 Å². The fourth-order valence-corrected chi connectivity index (χ4v) is 0.374. The van der Waals surface area contributed by atoms with E-state index in [-0.39, 0.29) is 0 Å². The SMILES string of the molecule is C[C](O)N1CC1. The van der Waals surface area contributed by atoms with Gasteiger partial charge in [-0.1, -0.05) is 0 Å². The van der Waals surface area contributed by atoms with Crippen molar-refractivity contribution in [2.24, 2.45) is 0 Å². The molecule has 1 heterocycles. The average Bonchev–Trinajstić information content (AvgIpc) is 2.06. The van der Waals surface area contributed by atoms with Crippen molar-refractivity contribution in [3.63, 3.8) is 0 Å². The molecule has 0 aromatic rings. The Hall–Kier alpha value is -0.0800. The summed E-state index contributed by atoms with van der Waals surface area (Å²) in [5.41, 5.74) is 0. The van der Waals surface area contributed by atoms with Crippen molar-refractivity contribution in [2.45, 2.75) is 6.92 Å². The minimum absolute atomic E-state index is 0.454. The first-order chi connectivity index (χ1) is 2.80. The van der Waals surface area contributed by atoms with E-state index in [0.29, 0.717) is 6.23 Å². The van der Waals surface area contributed by atoms with Crippen molar-refractivity contribution in [3.05, 3.63) is 6.23 Å². The van der Waals surface area contributed by atoms with E-state index in [1.165, 1.54) is 0 Å². The molecule has 1 fully saturated rings. The zero-order valence-electron chi connectivity index (χ0n) is 3.81. The Morgan fingerprint density at radius 3 is 2.17 bits per heavy atom. The van der Waals surface area contributed by atoms with Gasteiger partial charge in [-0.15, -0.1) is 0 Å². The number of hydrogen-bond acceptors (Lipinski definition) is 2. The van der Waals surface area contributed by atoms with Crippen LogP contribution in [0.4, 0.5) is 0 Å². The lowest BCUT2D eigenvalue weighted by Crippen LogP contribution is -2.00. The van der Waals surface area contributed by atoms with Gasteiger partial charge < -0.3 is 5.11 Å². The van der Waals surface area contributed by atoms with Gasteiger partial charge in [0.25, 0.3) is 0 Å². The standard InChI is InChI=1S/C4H8NO/c1-4(6)5-2-3-5/h6H,2-3H2,1H3. The molecular weight excluding hydrogens is 78.0 g/mol. The van der Waals surface area contributed by atoms with Crippen LogP contribution in [0.25, 0.3) is 0 Å². The first-order valence-corrected chi connectivity index (χ1v) is 2.08. The fraction of sp³-hybridized carbons (Fsp3) is 0.750. The molecule has 2 nitrogen and oxygen atoms in total. The fourth-order valence-electron chi connectivity index (χ4n) is 0.374. The largest absolute Gasteiger partial charge is 0.371 e. The van der Waals surface area contributed by atoms with Crippen LogP contribution in [0.5, 0.6) is 0 Å². The third-order valence-electron chi connectivity index (χ3n) is 0.905. The van der Waals surface area contributed by atoms with E-state index in [1.807, 2.05) is 4.90 Å². The van der Waals surface area contributed by atoms with Crippen LogP contribution in [0, 0.1) is 6.23 Å². The Kier molecular flexibility index (Phi) is 0.821. The van der Waals surface area contributed by atoms with E-state index in [1.54, 1.807) is 6.92 Å². The second kappa shape index (κ2) is 1.21. The van der Waals surface area contributed by atoms with Crippen molar-refractivity contribution >= 4 is 0 Å². The Morgan fingerprint density at radius 1 is 1.67 bits per heavy atom.